The molecular weight excluding hydrogens is 933 g/mol. The van der Waals surface area contributed by atoms with Crippen molar-refractivity contribution in [2.75, 3.05) is 31.7 Å². The topological polar surface area (TPSA) is 202 Å². The molecular formula is C51H72N4O13Si2. The molecule has 1 amide bonds. The Bertz CT molecular complexity index is 2300. The van der Waals surface area contributed by atoms with Gasteiger partial charge in [0, 0.05) is 30.1 Å². The Morgan fingerprint density at radius 1 is 0.729 bits per heavy atom. The van der Waals surface area contributed by atoms with Crippen molar-refractivity contribution in [3.8, 4) is 22.4 Å². The second kappa shape index (κ2) is 25.6. The lowest BCUT2D eigenvalue weighted by Gasteiger charge is -2.52. The predicted octanol–water partition coefficient (Wildman–Crippen LogP) is 11.4. The molecule has 1 fully saturated rings. The Kier molecular flexibility index (Phi) is 20.3. The van der Waals surface area contributed by atoms with Gasteiger partial charge in [0.25, 0.3) is 16.1 Å². The van der Waals surface area contributed by atoms with Gasteiger partial charge in [-0.25, -0.2) is 0 Å². The number of aromatic nitrogens is 1. The minimum atomic E-state index is -3.20. The molecule has 3 aromatic carbocycles. The third kappa shape index (κ3) is 14.1. The number of anilines is 1. The van der Waals surface area contributed by atoms with Gasteiger partial charge in [-0.2, -0.15) is 0 Å². The number of carbonyl (C=O) groups excluding carboxylic acids is 2. The maximum atomic E-state index is 14.8. The van der Waals surface area contributed by atoms with E-state index in [-0.39, 0.29) is 66.7 Å². The average molecular weight is 1010 g/mol. The molecule has 0 unspecified atom stereocenters. The van der Waals surface area contributed by atoms with Crippen molar-refractivity contribution < 1.29 is 51.9 Å². The van der Waals surface area contributed by atoms with E-state index in [2.05, 4.69) is 96.1 Å². The zero-order valence-corrected chi connectivity index (χ0v) is 44.3. The fraction of sp³-hybridized carbons (Fsp3) is 0.529. The van der Waals surface area contributed by atoms with Gasteiger partial charge in [-0.3, -0.25) is 9.59 Å². The highest BCUT2D eigenvalue weighted by Crippen LogP contribution is 2.48. The zero-order valence-electron chi connectivity index (χ0n) is 42.3. The monoisotopic (exact) mass is 1000 g/mol. The molecule has 4 aromatic rings. The van der Waals surface area contributed by atoms with Crippen molar-refractivity contribution in [3.63, 3.8) is 0 Å². The molecule has 1 saturated heterocycles. The summed E-state index contributed by atoms with van der Waals surface area (Å²) in [6.45, 7) is 20.7. The molecule has 0 aliphatic carbocycles. The summed E-state index contributed by atoms with van der Waals surface area (Å²) in [6, 6.07) is 29.5. The zero-order chi connectivity index (χ0) is 51.2. The van der Waals surface area contributed by atoms with Crippen molar-refractivity contribution in [2.45, 2.75) is 148 Å². The lowest BCUT2D eigenvalue weighted by molar-refractivity contribution is -0.769. The van der Waals surface area contributed by atoms with Crippen molar-refractivity contribution in [1.82, 2.24) is 4.57 Å². The van der Waals surface area contributed by atoms with E-state index in [0.717, 1.165) is 28.1 Å². The van der Waals surface area contributed by atoms with Gasteiger partial charge in [0.2, 0.25) is 0 Å². The number of ether oxygens (including phenoxy) is 2. The van der Waals surface area contributed by atoms with E-state index in [1.165, 1.54) is 0 Å². The Morgan fingerprint density at radius 3 is 1.80 bits per heavy atom. The highest BCUT2D eigenvalue weighted by molar-refractivity contribution is 6.84. The molecule has 0 saturated carbocycles. The molecule has 1 aromatic heterocycles. The lowest BCUT2D eigenvalue weighted by atomic mass is 9.94. The first kappa shape index (κ1) is 55.5. The number of amides is 1. The highest BCUT2D eigenvalue weighted by Gasteiger charge is 2.59. The second-order valence-corrected chi connectivity index (χ2v) is 28.1. The van der Waals surface area contributed by atoms with Gasteiger partial charge in [-0.05, 0) is 70.6 Å². The Hall–Kier alpha value is -5.45. The summed E-state index contributed by atoms with van der Waals surface area (Å²) in [4.78, 5) is 59.7. The van der Waals surface area contributed by atoms with Crippen LogP contribution >= 0.6 is 0 Å². The quantitative estimate of drug-likeness (QED) is 0.0216. The van der Waals surface area contributed by atoms with Crippen LogP contribution in [0.25, 0.3) is 22.4 Å². The summed E-state index contributed by atoms with van der Waals surface area (Å²) >= 11 is 0. The standard InChI is InChI=1S/C51H72N4O13Si2/c1-35(2)49-48(51(57)52-42-25-18-13-19-26-42)47(40-21-14-11-15-22-40)50(41-23-16-12-17-24-41)53(49)28-27-43-31-44(67-70(38(7)8,39(9)10)68-69(66-43,36(3)4)37(5)6)32-46(56)63-34-45(65-55(60)61)33-62-29-20-30-64-54(58)59/h11-19,21-26,35-39,43-45H,20,27-34H2,1-10H3,(H,52,57)/t43-,44-,45+/m1/s1. The molecule has 5 rings (SSSR count). The van der Waals surface area contributed by atoms with Gasteiger partial charge in [0.15, 0.2) is 6.10 Å². The second-order valence-electron chi connectivity index (χ2n) is 19.3. The maximum Gasteiger partial charge on any atom is 0.334 e. The highest BCUT2D eigenvalue weighted by atomic mass is 28.5. The van der Waals surface area contributed by atoms with Crippen LogP contribution in [0.2, 0.25) is 22.2 Å². The molecule has 2 heterocycles. The van der Waals surface area contributed by atoms with Crippen LogP contribution in [0, 0.1) is 20.2 Å². The van der Waals surface area contributed by atoms with Gasteiger partial charge in [-0.15, -0.1) is 20.2 Å². The molecule has 19 heteroatoms. The number of carbonyl (C=O) groups is 2. The number of hydrogen-bond acceptors (Lipinski definition) is 13. The van der Waals surface area contributed by atoms with Crippen LogP contribution in [-0.4, -0.2) is 88.5 Å². The first-order valence-corrected chi connectivity index (χ1v) is 28.3. The van der Waals surface area contributed by atoms with Crippen LogP contribution in [0.15, 0.2) is 91.0 Å². The number of rotatable bonds is 25. The van der Waals surface area contributed by atoms with Crippen LogP contribution in [0.5, 0.6) is 0 Å². The van der Waals surface area contributed by atoms with Crippen LogP contribution in [0.1, 0.15) is 117 Å². The van der Waals surface area contributed by atoms with E-state index in [4.69, 9.17) is 27.3 Å². The summed E-state index contributed by atoms with van der Waals surface area (Å²) in [5.74, 6) is -0.974. The molecule has 382 valence electrons. The molecule has 1 N–H and O–H groups in total. The van der Waals surface area contributed by atoms with E-state index in [0.29, 0.717) is 30.6 Å². The summed E-state index contributed by atoms with van der Waals surface area (Å²) in [7, 11) is -6.35. The number of benzene rings is 3. The third-order valence-corrected chi connectivity index (χ3v) is 23.0. The fourth-order valence-corrected chi connectivity index (χ4v) is 20.8. The predicted molar refractivity (Wildman–Crippen MR) is 272 cm³/mol. The molecule has 0 radical (unpaired) electrons. The largest absolute Gasteiger partial charge is 0.463 e. The van der Waals surface area contributed by atoms with E-state index >= 15 is 0 Å². The van der Waals surface area contributed by atoms with Gasteiger partial charge in [-0.1, -0.05) is 148 Å². The van der Waals surface area contributed by atoms with Gasteiger partial charge in [0.1, 0.15) is 6.61 Å². The first-order valence-electron chi connectivity index (χ1n) is 24.4. The van der Waals surface area contributed by atoms with Crippen molar-refractivity contribution in [3.05, 3.63) is 122 Å². The summed E-state index contributed by atoms with van der Waals surface area (Å²) in [6.07, 6.45) is -1.72. The minimum Gasteiger partial charge on any atom is -0.463 e. The maximum absolute atomic E-state index is 14.8. The van der Waals surface area contributed by atoms with Gasteiger partial charge < -0.3 is 42.0 Å². The van der Waals surface area contributed by atoms with Crippen LogP contribution < -0.4 is 5.32 Å². The number of para-hydroxylation sites is 1. The lowest BCUT2D eigenvalue weighted by Crippen LogP contribution is -2.64. The third-order valence-electron chi connectivity index (χ3n) is 12.7. The molecule has 1 aliphatic heterocycles. The Labute approximate surface area is 414 Å². The number of hydrogen-bond donors (Lipinski definition) is 1. The van der Waals surface area contributed by atoms with Gasteiger partial charge >= 0.3 is 23.1 Å². The van der Waals surface area contributed by atoms with Crippen LogP contribution in [0.3, 0.4) is 0 Å². The summed E-state index contributed by atoms with van der Waals surface area (Å²) in [5.41, 5.74) is 5.70. The molecule has 0 spiro atoms. The Balaban J connectivity index is 1.56. The first-order chi connectivity index (χ1) is 33.3. The molecule has 3 atom stereocenters. The van der Waals surface area contributed by atoms with Gasteiger partial charge in [0.05, 0.1) is 43.1 Å². The number of esters is 1. The molecule has 0 bridgehead atoms. The van der Waals surface area contributed by atoms with Crippen molar-refractivity contribution >= 4 is 34.7 Å². The van der Waals surface area contributed by atoms with Crippen molar-refractivity contribution in [1.29, 1.82) is 0 Å². The normalized spacial score (nSPS) is 17.3. The van der Waals surface area contributed by atoms with E-state index in [9.17, 15) is 29.8 Å². The summed E-state index contributed by atoms with van der Waals surface area (Å²) in [5, 5.41) is 23.1. The van der Waals surface area contributed by atoms with Crippen LogP contribution in [0.4, 0.5) is 5.69 Å². The fourth-order valence-electron chi connectivity index (χ4n) is 9.50. The molecule has 70 heavy (non-hydrogen) atoms. The smallest absolute Gasteiger partial charge is 0.334 e. The SMILES string of the molecule is CC(C)c1c(C(=O)Nc2ccccc2)c(-c2ccccc2)c(-c2ccccc2)n1CC[C@@H]1C[C@H](CC(=O)OC[C@H](COCCCO[N+](=O)[O-])O[N+](=O)[O-])O[Si](C(C)C)(C(C)C)O[Si](C(C)C)(C(C)C)O1. The molecule has 17 nitrogen and oxygen atoms in total. The van der Waals surface area contributed by atoms with Crippen LogP contribution in [-0.2, 0) is 43.5 Å². The van der Waals surface area contributed by atoms with E-state index in [1.807, 2.05) is 78.9 Å². The molecule has 1 aliphatic rings. The Morgan fingerprint density at radius 2 is 1.27 bits per heavy atom. The number of nitrogens with one attached hydrogen (secondary N) is 1. The summed E-state index contributed by atoms with van der Waals surface area (Å²) < 4.78 is 35.9. The van der Waals surface area contributed by atoms with Crippen molar-refractivity contribution in [2.24, 2.45) is 0 Å². The minimum absolute atomic E-state index is 0.00435. The number of nitrogens with zero attached hydrogens (tertiary/aromatic N) is 3. The van der Waals surface area contributed by atoms with E-state index < -0.39 is 58.2 Å². The average Bonchev–Trinajstić information content (AvgIpc) is 3.65. The van der Waals surface area contributed by atoms with E-state index in [1.54, 1.807) is 0 Å².